The second-order valence-corrected chi connectivity index (χ2v) is 8.90. The summed E-state index contributed by atoms with van der Waals surface area (Å²) in [5.74, 6) is 0.271. The molecule has 0 bridgehead atoms. The minimum atomic E-state index is -0.651. The van der Waals surface area contributed by atoms with Gasteiger partial charge in [-0.15, -0.1) is 11.3 Å². The third-order valence-electron chi connectivity index (χ3n) is 5.28. The molecule has 0 radical (unpaired) electrons. The largest absolute Gasteiger partial charge is 0.497 e. The monoisotopic (exact) mass is 493 g/mol. The lowest BCUT2D eigenvalue weighted by Crippen LogP contribution is -2.14. The van der Waals surface area contributed by atoms with E-state index in [4.69, 9.17) is 20.8 Å². The highest BCUT2D eigenvalue weighted by Gasteiger charge is 2.21. The summed E-state index contributed by atoms with van der Waals surface area (Å²) in [4.78, 5) is 46.2. The summed E-state index contributed by atoms with van der Waals surface area (Å²) in [5.41, 5.74) is 0.392. The number of halogens is 1. The number of hydrogen-bond acceptors (Lipinski definition) is 7. The molecule has 2 N–H and O–H groups in total. The highest BCUT2D eigenvalue weighted by molar-refractivity contribution is 7.20. The van der Waals surface area contributed by atoms with Crippen molar-refractivity contribution in [3.63, 3.8) is 0 Å². The average molecular weight is 494 g/mol. The van der Waals surface area contributed by atoms with Gasteiger partial charge in [-0.3, -0.25) is 9.59 Å². The molecule has 0 atom stereocenters. The van der Waals surface area contributed by atoms with E-state index in [1.54, 1.807) is 55.5 Å². The van der Waals surface area contributed by atoms with E-state index in [1.807, 2.05) is 0 Å². The first-order chi connectivity index (χ1) is 16.3. The van der Waals surface area contributed by atoms with Crippen molar-refractivity contribution in [1.29, 1.82) is 0 Å². The summed E-state index contributed by atoms with van der Waals surface area (Å²) in [6.45, 7) is 1.68. The molecule has 5 rings (SSSR count). The van der Waals surface area contributed by atoms with Gasteiger partial charge < -0.3 is 19.5 Å². The Bertz CT molecular complexity index is 1720. The Hall–Kier alpha value is -3.95. The molecule has 0 saturated carbocycles. The molecule has 2 aromatic carbocycles. The van der Waals surface area contributed by atoms with Crippen LogP contribution >= 0.6 is 22.9 Å². The number of methoxy groups -OCH3 is 1. The summed E-state index contributed by atoms with van der Waals surface area (Å²) in [6.07, 6.45) is 0. The molecule has 1 amide bonds. The van der Waals surface area contributed by atoms with Gasteiger partial charge in [0.05, 0.1) is 17.4 Å². The number of carbonyl (C=O) groups excluding carboxylic acids is 1. The Morgan fingerprint density at radius 3 is 2.79 bits per heavy atom. The van der Waals surface area contributed by atoms with Gasteiger partial charge in [0.25, 0.3) is 11.5 Å². The number of benzene rings is 2. The van der Waals surface area contributed by atoms with Gasteiger partial charge in [0.15, 0.2) is 0 Å². The molecule has 0 unspecified atom stereocenters. The lowest BCUT2D eigenvalue weighted by atomic mass is 10.1. The fourth-order valence-corrected chi connectivity index (χ4v) is 4.89. The SMILES string of the molecule is COc1cccc(NC(=O)c2sc3nc(-c4cc5cc(Cl)ccc5oc4=O)[nH]c(=O)c3c2C)c1. The van der Waals surface area contributed by atoms with Gasteiger partial charge in [-0.25, -0.2) is 9.78 Å². The lowest BCUT2D eigenvalue weighted by molar-refractivity contribution is 0.103. The maximum atomic E-state index is 12.9. The third-order valence-corrected chi connectivity index (χ3v) is 6.70. The molecular formula is C24H16ClN3O5S. The second kappa shape index (κ2) is 8.44. The van der Waals surface area contributed by atoms with Crippen molar-refractivity contribution in [2.75, 3.05) is 12.4 Å². The van der Waals surface area contributed by atoms with Gasteiger partial charge >= 0.3 is 5.63 Å². The maximum absolute atomic E-state index is 12.9. The zero-order chi connectivity index (χ0) is 24.0. The number of carbonyl (C=O) groups is 1. The quantitative estimate of drug-likeness (QED) is 0.341. The molecular weight excluding hydrogens is 478 g/mol. The van der Waals surface area contributed by atoms with Gasteiger partial charge in [0.2, 0.25) is 0 Å². The number of aromatic nitrogens is 2. The minimum absolute atomic E-state index is 0.0501. The van der Waals surface area contributed by atoms with Crippen molar-refractivity contribution >= 4 is 55.7 Å². The van der Waals surface area contributed by atoms with Crippen molar-refractivity contribution in [2.45, 2.75) is 6.92 Å². The Morgan fingerprint density at radius 2 is 2.00 bits per heavy atom. The van der Waals surface area contributed by atoms with E-state index in [-0.39, 0.29) is 22.7 Å². The summed E-state index contributed by atoms with van der Waals surface area (Å²) >= 11 is 7.12. The highest BCUT2D eigenvalue weighted by atomic mass is 35.5. The van der Waals surface area contributed by atoms with E-state index in [0.717, 1.165) is 11.3 Å². The van der Waals surface area contributed by atoms with E-state index in [9.17, 15) is 14.4 Å². The zero-order valence-electron chi connectivity index (χ0n) is 17.9. The fourth-order valence-electron chi connectivity index (χ4n) is 3.64. The fraction of sp³-hybridized carbons (Fsp3) is 0.0833. The third kappa shape index (κ3) is 3.85. The average Bonchev–Trinajstić information content (AvgIpc) is 3.16. The van der Waals surface area contributed by atoms with Crippen LogP contribution in [-0.4, -0.2) is 23.0 Å². The molecule has 0 aliphatic carbocycles. The van der Waals surface area contributed by atoms with Gasteiger partial charge in [-0.1, -0.05) is 17.7 Å². The van der Waals surface area contributed by atoms with Gasteiger partial charge in [0.1, 0.15) is 27.6 Å². The van der Waals surface area contributed by atoms with Crippen molar-refractivity contribution in [2.24, 2.45) is 0 Å². The predicted molar refractivity (Wildman–Crippen MR) is 132 cm³/mol. The maximum Gasteiger partial charge on any atom is 0.347 e. The molecule has 0 fully saturated rings. The van der Waals surface area contributed by atoms with Crippen LogP contribution in [0.2, 0.25) is 5.02 Å². The number of thiophene rings is 1. The topological polar surface area (TPSA) is 114 Å². The predicted octanol–water partition coefficient (Wildman–Crippen LogP) is 4.98. The molecule has 5 aromatic rings. The van der Waals surface area contributed by atoms with Gasteiger partial charge in [0, 0.05) is 22.2 Å². The number of anilines is 1. The van der Waals surface area contributed by atoms with Gasteiger partial charge in [-0.2, -0.15) is 0 Å². The summed E-state index contributed by atoms with van der Waals surface area (Å²) in [7, 11) is 1.54. The first-order valence-electron chi connectivity index (χ1n) is 10.1. The van der Waals surface area contributed by atoms with E-state index >= 15 is 0 Å². The molecule has 3 heterocycles. The van der Waals surface area contributed by atoms with Crippen LogP contribution in [0.4, 0.5) is 5.69 Å². The Morgan fingerprint density at radius 1 is 1.18 bits per heavy atom. The number of nitrogens with one attached hydrogen (secondary N) is 2. The van der Waals surface area contributed by atoms with Crippen LogP contribution in [-0.2, 0) is 0 Å². The zero-order valence-corrected chi connectivity index (χ0v) is 19.5. The lowest BCUT2D eigenvalue weighted by Gasteiger charge is -2.06. The number of hydrogen-bond donors (Lipinski definition) is 2. The number of nitrogens with zero attached hydrogens (tertiary/aromatic N) is 1. The highest BCUT2D eigenvalue weighted by Crippen LogP contribution is 2.30. The molecule has 0 aliphatic rings. The number of amides is 1. The number of ether oxygens (including phenoxy) is 1. The van der Waals surface area contributed by atoms with Crippen LogP contribution in [0.15, 0.2) is 62.5 Å². The second-order valence-electron chi connectivity index (χ2n) is 7.47. The van der Waals surface area contributed by atoms with Gasteiger partial charge in [-0.05, 0) is 48.9 Å². The molecule has 8 nitrogen and oxygen atoms in total. The van der Waals surface area contributed by atoms with Crippen LogP contribution in [0.5, 0.6) is 5.75 Å². The van der Waals surface area contributed by atoms with Crippen LogP contribution < -0.4 is 21.2 Å². The summed E-state index contributed by atoms with van der Waals surface area (Å²) in [6, 6.07) is 13.4. The molecule has 0 saturated heterocycles. The molecule has 34 heavy (non-hydrogen) atoms. The molecule has 10 heteroatoms. The molecule has 3 aromatic heterocycles. The van der Waals surface area contributed by atoms with E-state index in [1.165, 1.54) is 7.11 Å². The Balaban J connectivity index is 1.58. The first kappa shape index (κ1) is 21.9. The van der Waals surface area contributed by atoms with E-state index in [2.05, 4.69) is 15.3 Å². The van der Waals surface area contributed by atoms with Crippen LogP contribution in [0, 0.1) is 6.92 Å². The molecule has 170 valence electrons. The van der Waals surface area contributed by atoms with E-state index < -0.39 is 11.2 Å². The van der Waals surface area contributed by atoms with Crippen LogP contribution in [0.3, 0.4) is 0 Å². The van der Waals surface area contributed by atoms with Crippen molar-refractivity contribution in [3.05, 3.63) is 84.8 Å². The number of aromatic amines is 1. The van der Waals surface area contributed by atoms with E-state index in [0.29, 0.717) is 42.7 Å². The van der Waals surface area contributed by atoms with Crippen molar-refractivity contribution in [3.8, 4) is 17.1 Å². The number of rotatable bonds is 4. The number of aryl methyl sites for hydroxylation is 1. The molecule has 0 spiro atoms. The van der Waals surface area contributed by atoms with Crippen LogP contribution in [0.1, 0.15) is 15.2 Å². The normalized spacial score (nSPS) is 11.1. The Kier molecular flexibility index (Phi) is 5.43. The smallest absolute Gasteiger partial charge is 0.347 e. The Labute approximate surface area is 200 Å². The minimum Gasteiger partial charge on any atom is -0.497 e. The summed E-state index contributed by atoms with van der Waals surface area (Å²) in [5, 5.41) is 4.16. The number of H-pyrrole nitrogens is 1. The van der Waals surface area contributed by atoms with Crippen molar-refractivity contribution in [1.82, 2.24) is 9.97 Å². The molecule has 0 aliphatic heterocycles. The number of fused-ring (bicyclic) bond motifs is 2. The van der Waals surface area contributed by atoms with Crippen molar-refractivity contribution < 1.29 is 13.9 Å². The van der Waals surface area contributed by atoms with Crippen LogP contribution in [0.25, 0.3) is 32.6 Å². The standard InChI is InChI=1S/C24H16ClN3O5S/c1-11-18-21(29)27-20(16-9-12-8-13(25)6-7-17(12)33-24(16)31)28-23(18)34-19(11)22(30)26-14-4-3-5-15(10-14)32-2/h3-10H,1-2H3,(H,26,30)(H,27,28,29). The first-order valence-corrected chi connectivity index (χ1v) is 11.3. The summed E-state index contributed by atoms with van der Waals surface area (Å²) < 4.78 is 10.5.